The van der Waals surface area contributed by atoms with Crippen LogP contribution in [0, 0.1) is 6.92 Å². The molecule has 0 aliphatic rings. The van der Waals surface area contributed by atoms with Crippen LogP contribution in [0.4, 0.5) is 0 Å². The summed E-state index contributed by atoms with van der Waals surface area (Å²) in [5, 5.41) is 9.96. The molecule has 0 unspecified atom stereocenters. The summed E-state index contributed by atoms with van der Waals surface area (Å²) in [5.41, 5.74) is 2.89. The molecule has 2 aromatic heterocycles. The first kappa shape index (κ1) is 18.9. The number of ether oxygens (including phenoxy) is 1. The molecule has 140 valence electrons. The fourth-order valence-corrected chi connectivity index (χ4v) is 3.09. The monoisotopic (exact) mass is 384 g/mol. The minimum atomic E-state index is -0.333. The summed E-state index contributed by atoms with van der Waals surface area (Å²) in [6, 6.07) is 10.6. The Morgan fingerprint density at radius 1 is 1.22 bits per heavy atom. The van der Waals surface area contributed by atoms with Crippen LogP contribution in [0.1, 0.15) is 21.1 Å². The van der Waals surface area contributed by atoms with Crippen LogP contribution >= 0.6 is 11.3 Å². The molecule has 1 N–H and O–H groups in total. The van der Waals surface area contributed by atoms with Crippen molar-refractivity contribution >= 4 is 17.2 Å². The Morgan fingerprint density at radius 2 is 2.00 bits per heavy atom. The van der Waals surface area contributed by atoms with Gasteiger partial charge in [0.15, 0.2) is 0 Å². The summed E-state index contributed by atoms with van der Waals surface area (Å²) in [5.74, 6) is -0.333. The molecule has 0 saturated heterocycles. The third-order valence-corrected chi connectivity index (χ3v) is 4.70. The number of thiazole rings is 1. The number of nitrogens with zero attached hydrogens (tertiary/aromatic N) is 3. The van der Waals surface area contributed by atoms with Gasteiger partial charge in [-0.3, -0.25) is 9.59 Å². The lowest BCUT2D eigenvalue weighted by Gasteiger charge is -2.08. The van der Waals surface area contributed by atoms with Crippen LogP contribution in [-0.2, 0) is 17.8 Å². The number of methoxy groups -OCH3 is 1. The Labute approximate surface area is 160 Å². The van der Waals surface area contributed by atoms with E-state index in [4.69, 9.17) is 4.74 Å². The zero-order chi connectivity index (χ0) is 19.2. The average Bonchev–Trinajstić information content (AvgIpc) is 3.12. The Bertz CT molecular complexity index is 979. The van der Waals surface area contributed by atoms with E-state index < -0.39 is 0 Å². The highest BCUT2D eigenvalue weighted by molar-refractivity contribution is 7.09. The highest BCUT2D eigenvalue weighted by atomic mass is 32.1. The molecular formula is C19H20N4O3S. The van der Waals surface area contributed by atoms with Crippen molar-refractivity contribution in [3.05, 3.63) is 68.4 Å². The minimum absolute atomic E-state index is 0.195. The van der Waals surface area contributed by atoms with E-state index in [0.717, 1.165) is 21.8 Å². The van der Waals surface area contributed by atoms with Gasteiger partial charge in [0.1, 0.15) is 5.69 Å². The van der Waals surface area contributed by atoms with Gasteiger partial charge in [0, 0.05) is 30.7 Å². The van der Waals surface area contributed by atoms with Crippen molar-refractivity contribution in [2.75, 3.05) is 13.7 Å². The summed E-state index contributed by atoms with van der Waals surface area (Å²) < 4.78 is 6.17. The highest BCUT2D eigenvalue weighted by Crippen LogP contribution is 2.21. The van der Waals surface area contributed by atoms with Crippen LogP contribution in [0.15, 0.2) is 46.6 Å². The van der Waals surface area contributed by atoms with Crippen molar-refractivity contribution < 1.29 is 9.53 Å². The van der Waals surface area contributed by atoms with Gasteiger partial charge in [-0.25, -0.2) is 9.67 Å². The van der Waals surface area contributed by atoms with E-state index in [1.54, 1.807) is 18.4 Å². The van der Waals surface area contributed by atoms with Crippen molar-refractivity contribution in [1.29, 1.82) is 0 Å². The second kappa shape index (κ2) is 8.70. The van der Waals surface area contributed by atoms with Crippen LogP contribution in [0.5, 0.6) is 0 Å². The van der Waals surface area contributed by atoms with Gasteiger partial charge in [-0.2, -0.15) is 5.10 Å². The zero-order valence-corrected chi connectivity index (χ0v) is 16.0. The van der Waals surface area contributed by atoms with Crippen molar-refractivity contribution in [2.24, 2.45) is 0 Å². The molecule has 0 saturated carbocycles. The van der Waals surface area contributed by atoms with Crippen LogP contribution in [0.3, 0.4) is 0 Å². The van der Waals surface area contributed by atoms with Gasteiger partial charge < -0.3 is 10.1 Å². The van der Waals surface area contributed by atoms with Crippen molar-refractivity contribution in [2.45, 2.75) is 20.0 Å². The summed E-state index contributed by atoms with van der Waals surface area (Å²) in [4.78, 5) is 28.5. The molecule has 2 heterocycles. The Hall–Kier alpha value is -2.84. The first-order chi connectivity index (χ1) is 13.1. The fourth-order valence-electron chi connectivity index (χ4n) is 2.47. The number of aromatic nitrogens is 3. The lowest BCUT2D eigenvalue weighted by Crippen LogP contribution is -2.30. The predicted molar refractivity (Wildman–Crippen MR) is 104 cm³/mol. The molecule has 0 atom stereocenters. The largest absolute Gasteiger partial charge is 0.383 e. The number of nitrogens with one attached hydrogen (secondary N) is 1. The van der Waals surface area contributed by atoms with E-state index in [2.05, 4.69) is 15.4 Å². The molecule has 8 heteroatoms. The summed E-state index contributed by atoms with van der Waals surface area (Å²) in [6.07, 6.45) is 0. The molecule has 0 aliphatic carbocycles. The quantitative estimate of drug-likeness (QED) is 0.675. The molecule has 0 radical (unpaired) electrons. The molecule has 7 nitrogen and oxygen atoms in total. The molecule has 27 heavy (non-hydrogen) atoms. The topological polar surface area (TPSA) is 86.1 Å². The van der Waals surface area contributed by atoms with Crippen molar-refractivity contribution in [3.8, 4) is 11.3 Å². The molecule has 1 aromatic carbocycles. The zero-order valence-electron chi connectivity index (χ0n) is 15.1. The van der Waals surface area contributed by atoms with Crippen LogP contribution in [0.25, 0.3) is 11.3 Å². The molecule has 0 bridgehead atoms. The first-order valence-electron chi connectivity index (χ1n) is 8.43. The summed E-state index contributed by atoms with van der Waals surface area (Å²) in [7, 11) is 1.54. The molecule has 1 amide bonds. The third-order valence-electron chi connectivity index (χ3n) is 3.93. The lowest BCUT2D eigenvalue weighted by molar-refractivity contribution is 0.0942. The SMILES string of the molecule is COCCn1nc(C(=O)NCc2ccc(-c3csc(C)n3)cc2)ccc1=O. The van der Waals surface area contributed by atoms with E-state index in [1.807, 2.05) is 36.6 Å². The number of carbonyl (C=O) groups is 1. The van der Waals surface area contributed by atoms with Gasteiger partial charge in [-0.05, 0) is 18.6 Å². The number of benzene rings is 1. The molecule has 0 fully saturated rings. The van der Waals surface area contributed by atoms with Crippen molar-refractivity contribution in [1.82, 2.24) is 20.1 Å². The van der Waals surface area contributed by atoms with Gasteiger partial charge in [-0.15, -0.1) is 11.3 Å². The third kappa shape index (κ3) is 4.87. The van der Waals surface area contributed by atoms with Gasteiger partial charge in [0.25, 0.3) is 11.5 Å². The van der Waals surface area contributed by atoms with E-state index in [1.165, 1.54) is 16.8 Å². The van der Waals surface area contributed by atoms with Gasteiger partial charge in [0.2, 0.25) is 0 Å². The fraction of sp³-hybridized carbons (Fsp3) is 0.263. The van der Waals surface area contributed by atoms with Crippen molar-refractivity contribution in [3.63, 3.8) is 0 Å². The number of hydrogen-bond acceptors (Lipinski definition) is 6. The first-order valence-corrected chi connectivity index (χ1v) is 9.31. The standard InChI is InChI=1S/C19H20N4O3S/c1-13-21-17(12-27-13)15-5-3-14(4-6-15)11-20-19(25)16-7-8-18(24)23(22-16)9-10-26-2/h3-8,12H,9-11H2,1-2H3,(H,20,25). The molecule has 0 aliphatic heterocycles. The van der Waals surface area contributed by atoms with E-state index in [9.17, 15) is 9.59 Å². The second-order valence-electron chi connectivity index (χ2n) is 5.90. The van der Waals surface area contributed by atoms with E-state index in [-0.39, 0.29) is 17.2 Å². The Kier molecular flexibility index (Phi) is 6.10. The smallest absolute Gasteiger partial charge is 0.271 e. The number of carbonyl (C=O) groups excluding carboxylic acids is 1. The van der Waals surface area contributed by atoms with Crippen LogP contribution in [-0.4, -0.2) is 34.4 Å². The van der Waals surface area contributed by atoms with Gasteiger partial charge in [-0.1, -0.05) is 24.3 Å². The number of hydrogen-bond donors (Lipinski definition) is 1. The maximum atomic E-state index is 12.3. The number of aryl methyl sites for hydroxylation is 1. The summed E-state index contributed by atoms with van der Waals surface area (Å²) >= 11 is 1.62. The second-order valence-corrected chi connectivity index (χ2v) is 6.97. The maximum Gasteiger partial charge on any atom is 0.271 e. The maximum absolute atomic E-state index is 12.3. The lowest BCUT2D eigenvalue weighted by atomic mass is 10.1. The molecule has 3 aromatic rings. The number of amides is 1. The summed E-state index contributed by atoms with van der Waals surface area (Å²) in [6.45, 7) is 3.00. The highest BCUT2D eigenvalue weighted by Gasteiger charge is 2.10. The molecular weight excluding hydrogens is 364 g/mol. The van der Waals surface area contributed by atoms with E-state index in [0.29, 0.717) is 19.7 Å². The van der Waals surface area contributed by atoms with E-state index >= 15 is 0 Å². The van der Waals surface area contributed by atoms with Gasteiger partial charge in [0.05, 0.1) is 23.9 Å². The molecule has 3 rings (SSSR count). The molecule has 0 spiro atoms. The Balaban J connectivity index is 1.63. The normalized spacial score (nSPS) is 10.7. The predicted octanol–water partition coefficient (Wildman–Crippen LogP) is 2.25. The van der Waals surface area contributed by atoms with Crippen LogP contribution < -0.4 is 10.9 Å². The number of rotatable bonds is 7. The minimum Gasteiger partial charge on any atom is -0.383 e. The van der Waals surface area contributed by atoms with Gasteiger partial charge >= 0.3 is 0 Å². The van der Waals surface area contributed by atoms with Crippen LogP contribution in [0.2, 0.25) is 0 Å². The Morgan fingerprint density at radius 3 is 2.67 bits per heavy atom. The average molecular weight is 384 g/mol.